The molecule has 1 aromatic rings. The Morgan fingerprint density at radius 3 is 2.81 bits per heavy atom. The normalized spacial score (nSPS) is 38.8. The first-order valence-corrected chi connectivity index (χ1v) is 7.45. The number of hydrogen-bond acceptors (Lipinski definition) is 5. The third kappa shape index (κ3) is 1.56. The molecule has 1 saturated heterocycles. The number of nitrogens with zero attached hydrogens (tertiary/aromatic N) is 1. The van der Waals surface area contributed by atoms with Gasteiger partial charge in [0.2, 0.25) is 6.79 Å². The van der Waals surface area contributed by atoms with Crippen LogP contribution in [0.2, 0.25) is 0 Å². The van der Waals surface area contributed by atoms with E-state index in [-0.39, 0.29) is 6.04 Å². The van der Waals surface area contributed by atoms with Gasteiger partial charge in [0.15, 0.2) is 11.5 Å². The van der Waals surface area contributed by atoms with E-state index in [1.807, 2.05) is 6.08 Å². The molecule has 1 fully saturated rings. The molecule has 110 valence electrons. The van der Waals surface area contributed by atoms with Crippen molar-refractivity contribution in [2.24, 2.45) is 0 Å². The average molecular weight is 287 g/mol. The van der Waals surface area contributed by atoms with Crippen molar-refractivity contribution in [3.05, 3.63) is 34.9 Å². The Morgan fingerprint density at radius 1 is 1.14 bits per heavy atom. The summed E-state index contributed by atoms with van der Waals surface area (Å²) in [5, 5.41) is 19.9. The highest BCUT2D eigenvalue weighted by molar-refractivity contribution is 5.54. The van der Waals surface area contributed by atoms with Crippen LogP contribution >= 0.6 is 0 Å². The summed E-state index contributed by atoms with van der Waals surface area (Å²) in [6.07, 6.45) is 1.08. The minimum absolute atomic E-state index is 0.248. The molecule has 0 saturated carbocycles. The summed E-state index contributed by atoms with van der Waals surface area (Å²) in [6, 6.07) is 4.43. The molecule has 2 bridgehead atoms. The maximum absolute atomic E-state index is 9.96. The van der Waals surface area contributed by atoms with Crippen LogP contribution in [0.4, 0.5) is 0 Å². The SMILES string of the molecule is O[C@@H]1C=C2[C@@H](C[C@H]1O)N1Cc3cc4c(cc3[C@H]2C1)OCO4. The third-order valence-electron chi connectivity index (χ3n) is 5.25. The molecule has 1 aromatic carbocycles. The topological polar surface area (TPSA) is 62.2 Å². The lowest BCUT2D eigenvalue weighted by molar-refractivity contribution is 0.0208. The van der Waals surface area contributed by atoms with Crippen LogP contribution in [0.25, 0.3) is 0 Å². The summed E-state index contributed by atoms with van der Waals surface area (Å²) in [5.41, 5.74) is 3.81. The summed E-state index contributed by atoms with van der Waals surface area (Å²) in [4.78, 5) is 2.40. The number of ether oxygens (including phenoxy) is 2. The van der Waals surface area contributed by atoms with Crippen molar-refractivity contribution in [3.8, 4) is 11.5 Å². The Hall–Kier alpha value is -1.56. The van der Waals surface area contributed by atoms with Crippen molar-refractivity contribution < 1.29 is 19.7 Å². The van der Waals surface area contributed by atoms with Gasteiger partial charge < -0.3 is 19.7 Å². The van der Waals surface area contributed by atoms with Gasteiger partial charge in [-0.3, -0.25) is 4.90 Å². The summed E-state index contributed by atoms with van der Waals surface area (Å²) in [6.45, 7) is 2.12. The lowest BCUT2D eigenvalue weighted by atomic mass is 9.82. The largest absolute Gasteiger partial charge is 0.454 e. The standard InChI is InChI=1S/C16H17NO4/c18-13-2-10-11-6-17(12(10)4-14(13)19)5-8-1-15-16(3-9(8)11)21-7-20-15/h1-3,11-14,18-19H,4-7H2/t11-,12-,13-,14-/m1/s1. The summed E-state index contributed by atoms with van der Waals surface area (Å²) < 4.78 is 11.0. The second kappa shape index (κ2) is 4.00. The van der Waals surface area contributed by atoms with Gasteiger partial charge in [-0.1, -0.05) is 6.08 Å². The molecule has 5 nitrogen and oxygen atoms in total. The quantitative estimate of drug-likeness (QED) is 0.690. The molecule has 2 N–H and O–H groups in total. The van der Waals surface area contributed by atoms with E-state index in [2.05, 4.69) is 17.0 Å². The van der Waals surface area contributed by atoms with E-state index in [9.17, 15) is 10.2 Å². The van der Waals surface area contributed by atoms with E-state index in [0.717, 1.165) is 24.6 Å². The first-order valence-electron chi connectivity index (χ1n) is 7.45. The Bertz CT molecular complexity index is 656. The van der Waals surface area contributed by atoms with E-state index >= 15 is 0 Å². The van der Waals surface area contributed by atoms with Crippen LogP contribution in [0.1, 0.15) is 23.5 Å². The van der Waals surface area contributed by atoms with Gasteiger partial charge in [0, 0.05) is 25.0 Å². The van der Waals surface area contributed by atoms with Crippen LogP contribution in [0.5, 0.6) is 11.5 Å². The van der Waals surface area contributed by atoms with Gasteiger partial charge in [-0.25, -0.2) is 0 Å². The molecule has 5 atom stereocenters. The van der Waals surface area contributed by atoms with Gasteiger partial charge in [-0.2, -0.15) is 0 Å². The van der Waals surface area contributed by atoms with Gasteiger partial charge >= 0.3 is 0 Å². The highest BCUT2D eigenvalue weighted by Crippen LogP contribution is 2.49. The van der Waals surface area contributed by atoms with E-state index in [1.54, 1.807) is 0 Å². The molecule has 1 unspecified atom stereocenters. The predicted molar refractivity (Wildman–Crippen MR) is 74.2 cm³/mol. The zero-order valence-corrected chi connectivity index (χ0v) is 11.5. The highest BCUT2D eigenvalue weighted by Gasteiger charge is 2.46. The molecule has 3 aliphatic heterocycles. The minimum atomic E-state index is -0.741. The van der Waals surface area contributed by atoms with Crippen molar-refractivity contribution in [1.29, 1.82) is 0 Å². The van der Waals surface area contributed by atoms with Crippen molar-refractivity contribution in [2.75, 3.05) is 13.3 Å². The van der Waals surface area contributed by atoms with E-state index < -0.39 is 12.2 Å². The Morgan fingerprint density at radius 2 is 1.95 bits per heavy atom. The fourth-order valence-electron chi connectivity index (χ4n) is 4.23. The molecule has 21 heavy (non-hydrogen) atoms. The maximum Gasteiger partial charge on any atom is 0.231 e. The average Bonchev–Trinajstić information content (AvgIpc) is 3.03. The third-order valence-corrected chi connectivity index (χ3v) is 5.25. The first kappa shape index (κ1) is 12.0. The molecule has 0 spiro atoms. The van der Waals surface area contributed by atoms with E-state index in [4.69, 9.17) is 9.47 Å². The van der Waals surface area contributed by atoms with Crippen LogP contribution in [0.3, 0.4) is 0 Å². The molecule has 1 aliphatic carbocycles. The molecule has 3 heterocycles. The number of fused-ring (bicyclic) bond motifs is 8. The Kier molecular flexibility index (Phi) is 2.29. The monoisotopic (exact) mass is 287 g/mol. The predicted octanol–water partition coefficient (Wildman–Crippen LogP) is 0.749. The lowest BCUT2D eigenvalue weighted by Gasteiger charge is -2.31. The summed E-state index contributed by atoms with van der Waals surface area (Å²) >= 11 is 0. The number of aliphatic hydroxyl groups excluding tert-OH is 2. The second-order valence-electron chi connectivity index (χ2n) is 6.36. The van der Waals surface area contributed by atoms with Gasteiger partial charge in [0.1, 0.15) is 0 Å². The van der Waals surface area contributed by atoms with Crippen LogP contribution in [0.15, 0.2) is 23.8 Å². The van der Waals surface area contributed by atoms with Gasteiger partial charge in [0.05, 0.1) is 12.2 Å². The fourth-order valence-corrected chi connectivity index (χ4v) is 4.23. The minimum Gasteiger partial charge on any atom is -0.454 e. The van der Waals surface area contributed by atoms with Gasteiger partial charge in [-0.15, -0.1) is 0 Å². The van der Waals surface area contributed by atoms with Crippen molar-refractivity contribution in [2.45, 2.75) is 37.1 Å². The molecule has 5 rings (SSSR count). The zero-order chi connectivity index (χ0) is 14.1. The molecule has 0 aromatic heterocycles. The molecule has 5 heteroatoms. The summed E-state index contributed by atoms with van der Waals surface area (Å²) in [7, 11) is 0. The van der Waals surface area contributed by atoms with E-state index in [1.165, 1.54) is 16.7 Å². The maximum atomic E-state index is 9.96. The molecular formula is C16H17NO4. The first-order chi connectivity index (χ1) is 10.2. The second-order valence-corrected chi connectivity index (χ2v) is 6.36. The lowest BCUT2D eigenvalue weighted by Crippen LogP contribution is -2.39. The molecule has 0 radical (unpaired) electrons. The summed E-state index contributed by atoms with van der Waals surface area (Å²) in [5.74, 6) is 1.95. The van der Waals surface area contributed by atoms with Crippen molar-refractivity contribution in [3.63, 3.8) is 0 Å². The van der Waals surface area contributed by atoms with Crippen LogP contribution in [-0.2, 0) is 6.54 Å². The Balaban J connectivity index is 1.63. The van der Waals surface area contributed by atoms with Crippen LogP contribution in [-0.4, -0.2) is 46.7 Å². The highest BCUT2D eigenvalue weighted by atomic mass is 16.7. The molecular weight excluding hydrogens is 270 g/mol. The van der Waals surface area contributed by atoms with Crippen molar-refractivity contribution in [1.82, 2.24) is 4.90 Å². The van der Waals surface area contributed by atoms with Gasteiger partial charge in [0.25, 0.3) is 0 Å². The zero-order valence-electron chi connectivity index (χ0n) is 11.5. The number of aliphatic hydroxyl groups is 2. The van der Waals surface area contributed by atoms with Gasteiger partial charge in [-0.05, 0) is 35.3 Å². The van der Waals surface area contributed by atoms with Crippen molar-refractivity contribution >= 4 is 0 Å². The number of rotatable bonds is 0. The van der Waals surface area contributed by atoms with Crippen LogP contribution < -0.4 is 9.47 Å². The fraction of sp³-hybridized carbons (Fsp3) is 0.500. The smallest absolute Gasteiger partial charge is 0.231 e. The molecule has 0 amide bonds. The van der Waals surface area contributed by atoms with E-state index in [0.29, 0.717) is 19.1 Å². The number of benzene rings is 1. The van der Waals surface area contributed by atoms with Crippen LogP contribution in [0, 0.1) is 0 Å². The number of hydrogen-bond donors (Lipinski definition) is 2. The Labute approximate surface area is 122 Å². The molecule has 4 aliphatic rings.